The maximum Gasteiger partial charge on any atom is 0.0712 e. The summed E-state index contributed by atoms with van der Waals surface area (Å²) in [5, 5.41) is 0. The minimum atomic E-state index is -0.434. The van der Waals surface area contributed by atoms with Crippen molar-refractivity contribution in [3.8, 4) is 0 Å². The van der Waals surface area contributed by atoms with E-state index >= 15 is 0 Å². The van der Waals surface area contributed by atoms with E-state index in [4.69, 9.17) is 11.5 Å². The van der Waals surface area contributed by atoms with Gasteiger partial charge in [0.05, 0.1) is 5.66 Å². The zero-order chi connectivity index (χ0) is 8.48. The fourth-order valence-corrected chi connectivity index (χ4v) is 1.86. The van der Waals surface area contributed by atoms with Gasteiger partial charge in [0.2, 0.25) is 0 Å². The molecule has 64 valence electrons. The first kappa shape index (κ1) is 8.75. The summed E-state index contributed by atoms with van der Waals surface area (Å²) in [6, 6.07) is 0. The normalized spacial score (nSPS) is 22.9. The Kier molecular flexibility index (Phi) is 2.35. The summed E-state index contributed by atoms with van der Waals surface area (Å²) in [5.41, 5.74) is 14.2. The highest BCUT2D eigenvalue weighted by atomic mass is 15.0. The molecule has 0 heterocycles. The Morgan fingerprint density at radius 1 is 1.09 bits per heavy atom. The lowest BCUT2D eigenvalue weighted by molar-refractivity contribution is 0.461. The third kappa shape index (κ3) is 1.82. The van der Waals surface area contributed by atoms with Crippen LogP contribution >= 0.6 is 0 Å². The van der Waals surface area contributed by atoms with E-state index in [1.165, 1.54) is 11.1 Å². The lowest BCUT2D eigenvalue weighted by Crippen LogP contribution is -2.47. The van der Waals surface area contributed by atoms with Crippen molar-refractivity contribution in [2.45, 2.75) is 45.2 Å². The van der Waals surface area contributed by atoms with Gasteiger partial charge in [0.15, 0.2) is 0 Å². The molecule has 0 unspecified atom stereocenters. The molecule has 0 amide bonds. The van der Waals surface area contributed by atoms with Crippen LogP contribution < -0.4 is 11.5 Å². The van der Waals surface area contributed by atoms with Crippen molar-refractivity contribution in [2.75, 3.05) is 0 Å². The summed E-state index contributed by atoms with van der Waals surface area (Å²) in [7, 11) is 0. The Bertz CT molecular complexity index is 162. The SMILES string of the molecule is CCC1=C(CC)CC(N)(N)C1. The monoisotopic (exact) mass is 154 g/mol. The molecule has 1 rings (SSSR count). The predicted octanol–water partition coefficient (Wildman–Crippen LogP) is 1.51. The summed E-state index contributed by atoms with van der Waals surface area (Å²) in [4.78, 5) is 0. The number of hydrogen-bond acceptors (Lipinski definition) is 2. The first-order chi connectivity index (χ1) is 5.09. The van der Waals surface area contributed by atoms with Gasteiger partial charge in [-0.2, -0.15) is 0 Å². The first-order valence-electron chi connectivity index (χ1n) is 4.36. The van der Waals surface area contributed by atoms with Crippen molar-refractivity contribution in [1.29, 1.82) is 0 Å². The van der Waals surface area contributed by atoms with Gasteiger partial charge >= 0.3 is 0 Å². The molecular weight excluding hydrogens is 136 g/mol. The quantitative estimate of drug-likeness (QED) is 0.468. The van der Waals surface area contributed by atoms with Crippen molar-refractivity contribution >= 4 is 0 Å². The maximum absolute atomic E-state index is 5.85. The lowest BCUT2D eigenvalue weighted by atomic mass is 10.1. The van der Waals surface area contributed by atoms with E-state index in [-0.39, 0.29) is 0 Å². The molecule has 0 aromatic heterocycles. The van der Waals surface area contributed by atoms with Crippen LogP contribution in [0, 0.1) is 0 Å². The summed E-state index contributed by atoms with van der Waals surface area (Å²) in [5.74, 6) is 0. The van der Waals surface area contributed by atoms with Crippen LogP contribution in [0.1, 0.15) is 39.5 Å². The van der Waals surface area contributed by atoms with Gasteiger partial charge in [0.1, 0.15) is 0 Å². The van der Waals surface area contributed by atoms with Gasteiger partial charge < -0.3 is 11.5 Å². The largest absolute Gasteiger partial charge is 0.313 e. The molecule has 0 spiro atoms. The molecule has 4 N–H and O–H groups in total. The highest BCUT2D eigenvalue weighted by Crippen LogP contribution is 2.33. The molecule has 0 bridgehead atoms. The zero-order valence-electron chi connectivity index (χ0n) is 7.48. The molecule has 1 aliphatic rings. The molecule has 0 aromatic carbocycles. The van der Waals surface area contributed by atoms with Crippen LogP contribution in [0.15, 0.2) is 11.1 Å². The second-order valence-corrected chi connectivity index (χ2v) is 3.50. The highest BCUT2D eigenvalue weighted by Gasteiger charge is 2.29. The Morgan fingerprint density at radius 3 is 1.73 bits per heavy atom. The van der Waals surface area contributed by atoms with Crippen LogP contribution in [0.4, 0.5) is 0 Å². The van der Waals surface area contributed by atoms with Crippen LogP contribution in [0.3, 0.4) is 0 Å². The highest BCUT2D eigenvalue weighted by molar-refractivity contribution is 5.25. The van der Waals surface area contributed by atoms with Crippen molar-refractivity contribution in [3.05, 3.63) is 11.1 Å². The Balaban J connectivity index is 2.71. The van der Waals surface area contributed by atoms with Crippen molar-refractivity contribution in [1.82, 2.24) is 0 Å². The van der Waals surface area contributed by atoms with E-state index in [9.17, 15) is 0 Å². The third-order valence-corrected chi connectivity index (χ3v) is 2.44. The number of nitrogens with two attached hydrogens (primary N) is 2. The Labute approximate surface area is 68.6 Å². The van der Waals surface area contributed by atoms with Gasteiger partial charge in [-0.3, -0.25) is 0 Å². The summed E-state index contributed by atoms with van der Waals surface area (Å²) < 4.78 is 0. The van der Waals surface area contributed by atoms with Gasteiger partial charge in [0.25, 0.3) is 0 Å². The maximum atomic E-state index is 5.85. The Morgan fingerprint density at radius 2 is 1.45 bits per heavy atom. The van der Waals surface area contributed by atoms with Crippen molar-refractivity contribution < 1.29 is 0 Å². The minimum absolute atomic E-state index is 0.434. The van der Waals surface area contributed by atoms with Gasteiger partial charge in [-0.25, -0.2) is 0 Å². The van der Waals surface area contributed by atoms with Gasteiger partial charge in [-0.1, -0.05) is 25.0 Å². The molecule has 0 saturated heterocycles. The molecule has 0 aliphatic heterocycles. The molecule has 1 aliphatic carbocycles. The summed E-state index contributed by atoms with van der Waals surface area (Å²) >= 11 is 0. The van der Waals surface area contributed by atoms with Crippen molar-refractivity contribution in [2.24, 2.45) is 11.5 Å². The Hall–Kier alpha value is -0.340. The van der Waals surface area contributed by atoms with Crippen LogP contribution in [0.25, 0.3) is 0 Å². The number of rotatable bonds is 2. The van der Waals surface area contributed by atoms with E-state index in [1.54, 1.807) is 0 Å². The van der Waals surface area contributed by atoms with Gasteiger partial charge in [0, 0.05) is 0 Å². The first-order valence-corrected chi connectivity index (χ1v) is 4.36. The van der Waals surface area contributed by atoms with Crippen LogP contribution in [0.2, 0.25) is 0 Å². The second kappa shape index (κ2) is 2.95. The standard InChI is InChI=1S/C9H18N2/c1-3-7-5-9(10,11)6-8(7)4-2/h3-6,10-11H2,1-2H3. The summed E-state index contributed by atoms with van der Waals surface area (Å²) in [6.07, 6.45) is 4.01. The molecule has 2 heteroatoms. The van der Waals surface area contributed by atoms with E-state index < -0.39 is 5.66 Å². The van der Waals surface area contributed by atoms with E-state index in [0.29, 0.717) is 0 Å². The fourth-order valence-electron chi connectivity index (χ4n) is 1.86. The van der Waals surface area contributed by atoms with E-state index in [1.807, 2.05) is 0 Å². The van der Waals surface area contributed by atoms with Gasteiger partial charge in [-0.05, 0) is 25.7 Å². The molecule has 0 saturated carbocycles. The smallest absolute Gasteiger partial charge is 0.0712 e. The van der Waals surface area contributed by atoms with E-state index in [2.05, 4.69) is 13.8 Å². The average Bonchev–Trinajstić information content (AvgIpc) is 2.25. The molecule has 0 fully saturated rings. The molecule has 0 aromatic rings. The second-order valence-electron chi connectivity index (χ2n) is 3.50. The zero-order valence-corrected chi connectivity index (χ0v) is 7.48. The third-order valence-electron chi connectivity index (χ3n) is 2.44. The average molecular weight is 154 g/mol. The number of hydrogen-bond donors (Lipinski definition) is 2. The molecule has 0 radical (unpaired) electrons. The molecule has 2 nitrogen and oxygen atoms in total. The molecule has 11 heavy (non-hydrogen) atoms. The van der Waals surface area contributed by atoms with E-state index in [0.717, 1.165) is 25.7 Å². The minimum Gasteiger partial charge on any atom is -0.313 e. The fraction of sp³-hybridized carbons (Fsp3) is 0.778. The van der Waals surface area contributed by atoms with Crippen LogP contribution in [0.5, 0.6) is 0 Å². The van der Waals surface area contributed by atoms with Gasteiger partial charge in [-0.15, -0.1) is 0 Å². The van der Waals surface area contributed by atoms with Crippen molar-refractivity contribution in [3.63, 3.8) is 0 Å². The molecular formula is C9H18N2. The molecule has 0 atom stereocenters. The predicted molar refractivity (Wildman–Crippen MR) is 47.9 cm³/mol. The summed E-state index contributed by atoms with van der Waals surface area (Å²) in [6.45, 7) is 4.35. The topological polar surface area (TPSA) is 52.0 Å². The van der Waals surface area contributed by atoms with Crippen LogP contribution in [-0.4, -0.2) is 5.66 Å². The van der Waals surface area contributed by atoms with Crippen LogP contribution in [-0.2, 0) is 0 Å². The lowest BCUT2D eigenvalue weighted by Gasteiger charge is -2.17.